The lowest BCUT2D eigenvalue weighted by Gasteiger charge is -2.16. The highest BCUT2D eigenvalue weighted by molar-refractivity contribution is 7.89. The van der Waals surface area contributed by atoms with E-state index in [0.29, 0.717) is 11.4 Å². The number of likely N-dealkylation sites (N-methyl/N-ethyl adjacent to an activating group) is 1. The average Bonchev–Trinajstić information content (AvgIpc) is 2.63. The third-order valence-electron chi connectivity index (χ3n) is 4.08. The van der Waals surface area contributed by atoms with E-state index < -0.39 is 10.0 Å². The van der Waals surface area contributed by atoms with E-state index in [2.05, 4.69) is 10.6 Å². The van der Waals surface area contributed by atoms with Crippen molar-refractivity contribution in [3.8, 4) is 0 Å². The zero-order valence-corrected chi connectivity index (χ0v) is 17.8. The Morgan fingerprint density at radius 2 is 1.21 bits per heavy atom. The molecule has 0 saturated carbocycles. The molecule has 0 unspecified atom stereocenters. The Kier molecular flexibility index (Phi) is 7.49. The summed E-state index contributed by atoms with van der Waals surface area (Å²) in [5, 5.41) is 5.47. The maximum atomic E-state index is 12.2. The number of carbonyl (C=O) groups is 2. The van der Waals surface area contributed by atoms with Crippen molar-refractivity contribution in [1.82, 2.24) is 9.21 Å². The van der Waals surface area contributed by atoms with Crippen molar-refractivity contribution >= 4 is 33.2 Å². The van der Waals surface area contributed by atoms with Gasteiger partial charge in [0.2, 0.25) is 21.8 Å². The number of hydrogen-bond acceptors (Lipinski definition) is 5. The lowest BCUT2D eigenvalue weighted by molar-refractivity contribution is -0.119. The molecule has 0 spiro atoms. The van der Waals surface area contributed by atoms with Crippen LogP contribution in [0.2, 0.25) is 0 Å². The third-order valence-corrected chi connectivity index (χ3v) is 5.91. The van der Waals surface area contributed by atoms with Crippen LogP contribution in [0.15, 0.2) is 53.4 Å². The fourth-order valence-electron chi connectivity index (χ4n) is 2.51. The van der Waals surface area contributed by atoms with Crippen LogP contribution in [-0.2, 0) is 19.6 Å². The van der Waals surface area contributed by atoms with Gasteiger partial charge in [-0.05, 0) is 50.4 Å². The van der Waals surface area contributed by atoms with Crippen molar-refractivity contribution in [2.45, 2.75) is 11.8 Å². The van der Waals surface area contributed by atoms with E-state index in [1.54, 1.807) is 11.9 Å². The molecule has 9 heteroatoms. The Hall–Kier alpha value is -2.75. The third kappa shape index (κ3) is 6.67. The summed E-state index contributed by atoms with van der Waals surface area (Å²) in [6.45, 7) is 2.03. The van der Waals surface area contributed by atoms with E-state index in [9.17, 15) is 18.0 Å². The summed E-state index contributed by atoms with van der Waals surface area (Å²) in [6.07, 6.45) is 0. The summed E-state index contributed by atoms with van der Waals surface area (Å²) in [6, 6.07) is 13.4. The van der Waals surface area contributed by atoms with Crippen molar-refractivity contribution in [3.63, 3.8) is 0 Å². The maximum Gasteiger partial charge on any atom is 0.242 e. The molecule has 0 radical (unpaired) electrons. The minimum atomic E-state index is -3.51. The summed E-state index contributed by atoms with van der Waals surface area (Å²) in [7, 11) is 1.06. The van der Waals surface area contributed by atoms with Crippen LogP contribution >= 0.6 is 0 Å². The van der Waals surface area contributed by atoms with Gasteiger partial charge in [0, 0.05) is 25.5 Å². The van der Waals surface area contributed by atoms with E-state index in [1.807, 2.05) is 31.2 Å². The van der Waals surface area contributed by atoms with Crippen LogP contribution in [0, 0.1) is 6.92 Å². The normalized spacial score (nSPS) is 11.5. The zero-order chi connectivity index (χ0) is 21.6. The van der Waals surface area contributed by atoms with Crippen LogP contribution in [0.4, 0.5) is 11.4 Å². The number of rotatable bonds is 8. The number of benzene rings is 2. The monoisotopic (exact) mass is 418 g/mol. The van der Waals surface area contributed by atoms with E-state index in [1.165, 1.54) is 38.4 Å². The van der Waals surface area contributed by atoms with Crippen molar-refractivity contribution in [1.29, 1.82) is 0 Å². The number of nitrogens with zero attached hydrogens (tertiary/aromatic N) is 2. The fourth-order valence-corrected chi connectivity index (χ4v) is 3.41. The quantitative estimate of drug-likeness (QED) is 0.681. The highest BCUT2D eigenvalue weighted by Gasteiger charge is 2.17. The van der Waals surface area contributed by atoms with Gasteiger partial charge in [-0.15, -0.1) is 0 Å². The second-order valence-electron chi connectivity index (χ2n) is 6.95. The number of aryl methyl sites for hydroxylation is 1. The second kappa shape index (κ2) is 9.64. The van der Waals surface area contributed by atoms with Gasteiger partial charge in [0.05, 0.1) is 18.0 Å². The molecule has 156 valence electrons. The largest absolute Gasteiger partial charge is 0.325 e. The fraction of sp³-hybridized carbons (Fsp3) is 0.300. The highest BCUT2D eigenvalue weighted by Crippen LogP contribution is 2.16. The molecule has 2 rings (SSSR count). The van der Waals surface area contributed by atoms with E-state index in [0.717, 1.165) is 9.87 Å². The number of carbonyl (C=O) groups excluding carboxylic acids is 2. The lowest BCUT2D eigenvalue weighted by Crippen LogP contribution is -2.36. The second-order valence-corrected chi connectivity index (χ2v) is 9.10. The van der Waals surface area contributed by atoms with Crippen LogP contribution in [0.3, 0.4) is 0 Å². The molecule has 0 heterocycles. The SMILES string of the molecule is Cc1ccc(NC(=O)CN(C)CC(=O)Nc2ccc(S(=O)(=O)N(C)C)cc2)cc1. The standard InChI is InChI=1S/C20H26N4O4S/c1-15-5-7-16(8-6-15)21-19(25)13-24(4)14-20(26)22-17-9-11-18(12-10-17)29(27,28)23(2)3/h5-12H,13-14H2,1-4H3,(H,21,25)(H,22,26). The van der Waals surface area contributed by atoms with Crippen molar-refractivity contribution in [3.05, 3.63) is 54.1 Å². The van der Waals surface area contributed by atoms with E-state index in [-0.39, 0.29) is 29.8 Å². The number of hydrogen-bond donors (Lipinski definition) is 2. The van der Waals surface area contributed by atoms with Crippen LogP contribution in [-0.4, -0.2) is 63.7 Å². The summed E-state index contributed by atoms with van der Waals surface area (Å²) < 4.78 is 25.2. The Balaban J connectivity index is 1.85. The minimum Gasteiger partial charge on any atom is -0.325 e. The smallest absolute Gasteiger partial charge is 0.242 e. The predicted octanol–water partition coefficient (Wildman–Crippen LogP) is 1.75. The molecule has 0 bridgehead atoms. The van der Waals surface area contributed by atoms with Gasteiger partial charge < -0.3 is 10.6 Å². The van der Waals surface area contributed by atoms with E-state index in [4.69, 9.17) is 0 Å². The molecule has 0 atom stereocenters. The van der Waals surface area contributed by atoms with Crippen LogP contribution in [0.1, 0.15) is 5.56 Å². The van der Waals surface area contributed by atoms with Crippen LogP contribution < -0.4 is 10.6 Å². The Bertz CT molecular complexity index is 955. The first-order valence-corrected chi connectivity index (χ1v) is 10.4. The predicted molar refractivity (Wildman–Crippen MR) is 113 cm³/mol. The molecule has 2 aromatic rings. The summed E-state index contributed by atoms with van der Waals surface area (Å²) in [4.78, 5) is 26.0. The van der Waals surface area contributed by atoms with Crippen LogP contribution in [0.5, 0.6) is 0 Å². The van der Waals surface area contributed by atoms with Gasteiger partial charge in [-0.1, -0.05) is 17.7 Å². The molecular weight excluding hydrogens is 392 g/mol. The Morgan fingerprint density at radius 1 is 0.793 bits per heavy atom. The minimum absolute atomic E-state index is 0.0130. The van der Waals surface area contributed by atoms with Crippen molar-refractivity contribution < 1.29 is 18.0 Å². The molecule has 0 aliphatic heterocycles. The molecular formula is C20H26N4O4S. The van der Waals surface area contributed by atoms with E-state index >= 15 is 0 Å². The Labute approximate surface area is 171 Å². The first-order chi connectivity index (χ1) is 13.6. The first-order valence-electron chi connectivity index (χ1n) is 8.95. The van der Waals surface area contributed by atoms with Gasteiger partial charge in [0.15, 0.2) is 0 Å². The summed E-state index contributed by atoms with van der Waals surface area (Å²) in [5.74, 6) is -0.527. The molecule has 2 N–H and O–H groups in total. The molecule has 0 aliphatic carbocycles. The zero-order valence-electron chi connectivity index (χ0n) is 17.0. The highest BCUT2D eigenvalue weighted by atomic mass is 32.2. The molecule has 2 aromatic carbocycles. The molecule has 2 amide bonds. The molecule has 0 aliphatic rings. The number of nitrogens with one attached hydrogen (secondary N) is 2. The molecule has 8 nitrogen and oxygen atoms in total. The van der Waals surface area contributed by atoms with Gasteiger partial charge in [0.1, 0.15) is 0 Å². The number of sulfonamides is 1. The maximum absolute atomic E-state index is 12.2. The molecule has 29 heavy (non-hydrogen) atoms. The van der Waals surface area contributed by atoms with Gasteiger partial charge in [0.25, 0.3) is 0 Å². The lowest BCUT2D eigenvalue weighted by atomic mass is 10.2. The Morgan fingerprint density at radius 3 is 1.62 bits per heavy atom. The van der Waals surface area contributed by atoms with Crippen molar-refractivity contribution in [2.75, 3.05) is 44.9 Å². The average molecular weight is 419 g/mol. The van der Waals surface area contributed by atoms with Crippen molar-refractivity contribution in [2.24, 2.45) is 0 Å². The molecule has 0 saturated heterocycles. The van der Waals surface area contributed by atoms with Gasteiger partial charge in [-0.25, -0.2) is 12.7 Å². The molecule has 0 fully saturated rings. The summed E-state index contributed by atoms with van der Waals surface area (Å²) in [5.41, 5.74) is 2.28. The molecule has 0 aromatic heterocycles. The van der Waals surface area contributed by atoms with Crippen LogP contribution in [0.25, 0.3) is 0 Å². The number of anilines is 2. The topological polar surface area (TPSA) is 98.8 Å². The number of amides is 2. The van der Waals surface area contributed by atoms with Gasteiger partial charge >= 0.3 is 0 Å². The summed E-state index contributed by atoms with van der Waals surface area (Å²) >= 11 is 0. The first kappa shape index (κ1) is 22.5. The van der Waals surface area contributed by atoms with Gasteiger partial charge in [-0.3, -0.25) is 14.5 Å². The van der Waals surface area contributed by atoms with Gasteiger partial charge in [-0.2, -0.15) is 0 Å².